The third-order valence-corrected chi connectivity index (χ3v) is 3.23. The van der Waals surface area contributed by atoms with Crippen LogP contribution < -0.4 is 4.74 Å². The van der Waals surface area contributed by atoms with E-state index in [1.807, 2.05) is 61.5 Å². The molecule has 0 saturated carbocycles. The first kappa shape index (κ1) is 15.7. The maximum absolute atomic E-state index is 5.16. The molecule has 0 unspecified atom stereocenters. The molecule has 7 nitrogen and oxygen atoms in total. The molecule has 2 aromatic heterocycles. The highest BCUT2D eigenvalue weighted by Gasteiger charge is 2.05. The van der Waals surface area contributed by atoms with Crippen molar-refractivity contribution in [2.75, 3.05) is 21.2 Å². The van der Waals surface area contributed by atoms with E-state index >= 15 is 0 Å². The Kier molecular flexibility index (Phi) is 4.51. The molecule has 3 rings (SSSR count). The van der Waals surface area contributed by atoms with Crippen molar-refractivity contribution in [3.05, 3.63) is 47.8 Å². The predicted molar refractivity (Wildman–Crippen MR) is 94.5 cm³/mol. The molecule has 0 fully saturated rings. The highest BCUT2D eigenvalue weighted by molar-refractivity contribution is 5.69. The van der Waals surface area contributed by atoms with Crippen LogP contribution in [0.2, 0.25) is 0 Å². The number of fused-ring (bicyclic) bond motifs is 1. The quantitative estimate of drug-likeness (QED) is 0.533. The third-order valence-electron chi connectivity index (χ3n) is 3.23. The molecule has 0 spiro atoms. The van der Waals surface area contributed by atoms with Crippen LogP contribution in [-0.2, 0) is 0 Å². The molecule has 0 aliphatic rings. The molecule has 0 radical (unpaired) electrons. The summed E-state index contributed by atoms with van der Waals surface area (Å²) in [5.74, 6) is 1.72. The maximum atomic E-state index is 5.16. The number of benzene rings is 1. The molecule has 24 heavy (non-hydrogen) atoms. The fourth-order valence-corrected chi connectivity index (χ4v) is 2.05. The number of hydrogen-bond acceptors (Lipinski definition) is 5. The zero-order valence-electron chi connectivity index (χ0n) is 13.8. The summed E-state index contributed by atoms with van der Waals surface area (Å²) in [6.07, 6.45) is 7.32. The number of aromatic nitrogens is 4. The van der Waals surface area contributed by atoms with Gasteiger partial charge >= 0.3 is 0 Å². The zero-order valence-corrected chi connectivity index (χ0v) is 13.8. The molecule has 7 heteroatoms. The Morgan fingerprint density at radius 2 is 1.92 bits per heavy atom. The van der Waals surface area contributed by atoms with Crippen molar-refractivity contribution < 1.29 is 4.74 Å². The van der Waals surface area contributed by atoms with Crippen LogP contribution in [0.15, 0.2) is 41.5 Å². The number of hydrogen-bond donors (Lipinski definition) is 0. The summed E-state index contributed by atoms with van der Waals surface area (Å²) >= 11 is 0. The van der Waals surface area contributed by atoms with Gasteiger partial charge in [-0.15, -0.1) is 5.10 Å². The second kappa shape index (κ2) is 6.91. The Hall–Kier alpha value is -3.22. The molecule has 0 amide bonds. The lowest BCUT2D eigenvalue weighted by Crippen LogP contribution is -2.07. The highest BCUT2D eigenvalue weighted by atomic mass is 16.5. The van der Waals surface area contributed by atoms with Crippen LogP contribution in [0.5, 0.6) is 5.75 Å². The van der Waals surface area contributed by atoms with Gasteiger partial charge < -0.3 is 9.64 Å². The molecular formula is C17H18N6O. The van der Waals surface area contributed by atoms with Gasteiger partial charge in [-0.1, -0.05) is 18.2 Å². The zero-order chi connectivity index (χ0) is 16.9. The molecule has 0 saturated heterocycles. The van der Waals surface area contributed by atoms with Crippen molar-refractivity contribution in [2.24, 2.45) is 4.99 Å². The molecule has 0 N–H and O–H groups in total. The van der Waals surface area contributed by atoms with E-state index in [-0.39, 0.29) is 0 Å². The lowest BCUT2D eigenvalue weighted by Gasteiger charge is -2.00. The van der Waals surface area contributed by atoms with Gasteiger partial charge in [0.05, 0.1) is 19.1 Å². The van der Waals surface area contributed by atoms with Crippen LogP contribution in [0.25, 0.3) is 17.9 Å². The Bertz CT molecular complexity index is 880. The van der Waals surface area contributed by atoms with Crippen LogP contribution in [0.4, 0.5) is 5.95 Å². The SMILES string of the molecule is COc1ccc(/C=C\c2ccnc3nc(/N=C/N(C)C)nn23)cc1. The average Bonchev–Trinajstić information content (AvgIpc) is 3.02. The van der Waals surface area contributed by atoms with Gasteiger partial charge in [-0.3, -0.25) is 0 Å². The van der Waals surface area contributed by atoms with Gasteiger partial charge in [-0.2, -0.15) is 9.50 Å². The van der Waals surface area contributed by atoms with Crippen molar-refractivity contribution in [3.8, 4) is 5.75 Å². The molecule has 1 aromatic carbocycles. The number of rotatable bonds is 5. The van der Waals surface area contributed by atoms with Crippen LogP contribution in [0, 0.1) is 0 Å². The van der Waals surface area contributed by atoms with Gasteiger partial charge in [-0.05, 0) is 29.8 Å². The summed E-state index contributed by atoms with van der Waals surface area (Å²) in [5, 5.41) is 4.37. The van der Waals surface area contributed by atoms with Gasteiger partial charge in [0.1, 0.15) is 5.75 Å². The number of ether oxygens (including phenoxy) is 1. The van der Waals surface area contributed by atoms with E-state index in [2.05, 4.69) is 20.1 Å². The second-order valence-corrected chi connectivity index (χ2v) is 5.31. The standard InChI is InChI=1S/C17H18N6O/c1-22(2)12-19-16-20-17-18-11-10-14(23(17)21-16)7-4-13-5-8-15(24-3)9-6-13/h4-12H,1-3H3/b7-4-,19-12+. The normalized spacial score (nSPS) is 11.6. The Balaban J connectivity index is 1.89. The summed E-state index contributed by atoms with van der Waals surface area (Å²) in [4.78, 5) is 14.5. The summed E-state index contributed by atoms with van der Waals surface area (Å²) < 4.78 is 6.83. The van der Waals surface area contributed by atoms with Crippen LogP contribution >= 0.6 is 0 Å². The summed E-state index contributed by atoms with van der Waals surface area (Å²) in [6.45, 7) is 0. The lowest BCUT2D eigenvalue weighted by molar-refractivity contribution is 0.415. The van der Waals surface area contributed by atoms with Crippen LogP contribution in [0.1, 0.15) is 11.3 Å². The van der Waals surface area contributed by atoms with E-state index in [0.717, 1.165) is 17.0 Å². The molecule has 0 atom stereocenters. The van der Waals surface area contributed by atoms with Crippen molar-refractivity contribution in [3.63, 3.8) is 0 Å². The predicted octanol–water partition coefficient (Wildman–Crippen LogP) is 2.52. The summed E-state index contributed by atoms with van der Waals surface area (Å²) in [6, 6.07) is 9.70. The largest absolute Gasteiger partial charge is 0.497 e. The molecule has 122 valence electrons. The maximum Gasteiger partial charge on any atom is 0.272 e. The first-order chi connectivity index (χ1) is 11.7. The van der Waals surface area contributed by atoms with E-state index in [4.69, 9.17) is 4.74 Å². The number of aliphatic imine (C=N–C) groups is 1. The Labute approximate surface area is 140 Å². The first-order valence-corrected chi connectivity index (χ1v) is 7.40. The topological polar surface area (TPSA) is 67.9 Å². The monoisotopic (exact) mass is 322 g/mol. The van der Waals surface area contributed by atoms with Gasteiger partial charge in [-0.25, -0.2) is 9.98 Å². The van der Waals surface area contributed by atoms with Gasteiger partial charge in [0, 0.05) is 20.3 Å². The second-order valence-electron chi connectivity index (χ2n) is 5.31. The highest BCUT2D eigenvalue weighted by Crippen LogP contribution is 2.15. The molecule has 2 heterocycles. The molecule has 0 aliphatic heterocycles. The smallest absolute Gasteiger partial charge is 0.272 e. The molecule has 0 aliphatic carbocycles. The van der Waals surface area contributed by atoms with E-state index < -0.39 is 0 Å². The molecule has 3 aromatic rings. The van der Waals surface area contributed by atoms with Crippen molar-refractivity contribution >= 4 is 30.2 Å². The number of methoxy groups -OCH3 is 1. The van der Waals surface area contributed by atoms with Crippen LogP contribution in [0.3, 0.4) is 0 Å². The van der Waals surface area contributed by atoms with Crippen molar-refractivity contribution in [1.82, 2.24) is 24.5 Å². The molecular weight excluding hydrogens is 304 g/mol. The van der Waals surface area contributed by atoms with Crippen LogP contribution in [-0.4, -0.2) is 52.0 Å². The molecule has 0 bridgehead atoms. The Morgan fingerprint density at radius 1 is 1.12 bits per heavy atom. The van der Waals surface area contributed by atoms with Gasteiger partial charge in [0.2, 0.25) is 0 Å². The van der Waals surface area contributed by atoms with E-state index in [1.165, 1.54) is 0 Å². The number of nitrogens with zero attached hydrogens (tertiary/aromatic N) is 6. The minimum Gasteiger partial charge on any atom is -0.497 e. The third kappa shape index (κ3) is 3.57. The van der Waals surface area contributed by atoms with E-state index in [0.29, 0.717) is 11.7 Å². The first-order valence-electron chi connectivity index (χ1n) is 7.40. The lowest BCUT2D eigenvalue weighted by atomic mass is 10.2. The minimum absolute atomic E-state index is 0.376. The van der Waals surface area contributed by atoms with Gasteiger partial charge in [0.15, 0.2) is 0 Å². The summed E-state index contributed by atoms with van der Waals surface area (Å²) in [7, 11) is 5.43. The summed E-state index contributed by atoms with van der Waals surface area (Å²) in [5.41, 5.74) is 1.93. The van der Waals surface area contributed by atoms with E-state index in [9.17, 15) is 0 Å². The van der Waals surface area contributed by atoms with Crippen molar-refractivity contribution in [2.45, 2.75) is 0 Å². The van der Waals surface area contributed by atoms with Crippen molar-refractivity contribution in [1.29, 1.82) is 0 Å². The Morgan fingerprint density at radius 3 is 2.62 bits per heavy atom. The fraction of sp³-hybridized carbons (Fsp3) is 0.176. The fourth-order valence-electron chi connectivity index (χ4n) is 2.05. The average molecular weight is 322 g/mol. The minimum atomic E-state index is 0.376. The van der Waals surface area contributed by atoms with E-state index in [1.54, 1.807) is 24.2 Å². The van der Waals surface area contributed by atoms with Gasteiger partial charge in [0.25, 0.3) is 11.7 Å².